The molecule has 0 aliphatic carbocycles. The molecule has 1 heterocycles. The van der Waals surface area contributed by atoms with Gasteiger partial charge in [0, 0.05) is 6.42 Å². The van der Waals surface area contributed by atoms with Crippen molar-refractivity contribution >= 4 is 5.90 Å². The fourth-order valence-electron chi connectivity index (χ4n) is 2.49. The summed E-state index contributed by atoms with van der Waals surface area (Å²) in [6.45, 7) is 11.8. The van der Waals surface area contributed by atoms with E-state index in [4.69, 9.17) is 4.74 Å². The van der Waals surface area contributed by atoms with E-state index >= 15 is 0 Å². The van der Waals surface area contributed by atoms with Gasteiger partial charge in [0.15, 0.2) is 5.90 Å². The van der Waals surface area contributed by atoms with Crippen molar-refractivity contribution in [3.05, 3.63) is 28.3 Å². The second kappa shape index (κ2) is 4.87. The van der Waals surface area contributed by atoms with Crippen molar-refractivity contribution in [2.45, 2.75) is 46.5 Å². The van der Waals surface area contributed by atoms with Crippen LogP contribution in [-0.4, -0.2) is 24.2 Å². The van der Waals surface area contributed by atoms with E-state index in [1.807, 2.05) is 6.92 Å². The molecule has 1 aromatic carbocycles. The highest BCUT2D eigenvalue weighted by atomic mass is 16.5. The standard InChI is InChI=1S/C16H23NO2/c1-10-8-13(16(3,4)5)15(18)11(2)12(10)9-14-17-6-7-19-14/h8,18H,6-7,9H2,1-5H3. The summed E-state index contributed by atoms with van der Waals surface area (Å²) in [6.07, 6.45) is 0.676. The summed E-state index contributed by atoms with van der Waals surface area (Å²) in [7, 11) is 0. The molecular formula is C16H23NO2. The second-order valence-corrected chi connectivity index (χ2v) is 6.24. The number of nitrogens with zero attached hydrogens (tertiary/aromatic N) is 1. The Morgan fingerprint density at radius 2 is 2.00 bits per heavy atom. The first-order valence-electron chi connectivity index (χ1n) is 6.79. The van der Waals surface area contributed by atoms with Gasteiger partial charge in [0.05, 0.1) is 6.54 Å². The number of aryl methyl sites for hydroxylation is 1. The Kier molecular flexibility index (Phi) is 3.57. The van der Waals surface area contributed by atoms with Gasteiger partial charge >= 0.3 is 0 Å². The molecule has 1 N–H and O–H groups in total. The number of hydrogen-bond acceptors (Lipinski definition) is 3. The maximum absolute atomic E-state index is 10.4. The number of hydrogen-bond donors (Lipinski definition) is 1. The lowest BCUT2D eigenvalue weighted by Gasteiger charge is -2.24. The van der Waals surface area contributed by atoms with Crippen LogP contribution in [0.5, 0.6) is 5.75 Å². The number of phenols is 1. The molecule has 2 rings (SSSR count). The molecule has 0 radical (unpaired) electrons. The van der Waals surface area contributed by atoms with Crippen LogP contribution in [0.25, 0.3) is 0 Å². The molecule has 3 nitrogen and oxygen atoms in total. The van der Waals surface area contributed by atoms with Crippen molar-refractivity contribution in [3.8, 4) is 5.75 Å². The lowest BCUT2D eigenvalue weighted by Crippen LogP contribution is -2.14. The first-order valence-corrected chi connectivity index (χ1v) is 6.79. The Hall–Kier alpha value is -1.51. The average molecular weight is 261 g/mol. The van der Waals surface area contributed by atoms with Crippen LogP contribution in [0.1, 0.15) is 43.0 Å². The summed E-state index contributed by atoms with van der Waals surface area (Å²) in [6, 6.07) is 2.09. The summed E-state index contributed by atoms with van der Waals surface area (Å²) in [5.41, 5.74) is 4.22. The van der Waals surface area contributed by atoms with E-state index in [0.717, 1.165) is 29.1 Å². The van der Waals surface area contributed by atoms with Gasteiger partial charge in [-0.3, -0.25) is 4.99 Å². The fraction of sp³-hybridized carbons (Fsp3) is 0.562. The van der Waals surface area contributed by atoms with Crippen LogP contribution >= 0.6 is 0 Å². The molecule has 0 bridgehead atoms. The molecule has 0 saturated heterocycles. The molecule has 0 aromatic heterocycles. The Bertz CT molecular complexity index is 525. The van der Waals surface area contributed by atoms with Gasteiger partial charge in [-0.05, 0) is 41.5 Å². The molecule has 3 heteroatoms. The maximum atomic E-state index is 10.4. The number of aromatic hydroxyl groups is 1. The van der Waals surface area contributed by atoms with Crippen molar-refractivity contribution in [2.75, 3.05) is 13.2 Å². The van der Waals surface area contributed by atoms with Crippen LogP contribution in [0.3, 0.4) is 0 Å². The zero-order valence-electron chi connectivity index (χ0n) is 12.5. The first-order chi connectivity index (χ1) is 8.80. The molecular weight excluding hydrogens is 238 g/mol. The van der Waals surface area contributed by atoms with Crippen LogP contribution in [0.15, 0.2) is 11.1 Å². The minimum Gasteiger partial charge on any atom is -0.507 e. The first kappa shape index (κ1) is 13.9. The van der Waals surface area contributed by atoms with Gasteiger partial charge in [-0.15, -0.1) is 0 Å². The zero-order chi connectivity index (χ0) is 14.2. The summed E-state index contributed by atoms with van der Waals surface area (Å²) < 4.78 is 5.47. The van der Waals surface area contributed by atoms with Crippen LogP contribution in [0.2, 0.25) is 0 Å². The summed E-state index contributed by atoms with van der Waals surface area (Å²) in [5, 5.41) is 10.4. The largest absolute Gasteiger partial charge is 0.507 e. The van der Waals surface area contributed by atoms with Crippen molar-refractivity contribution in [1.29, 1.82) is 0 Å². The highest BCUT2D eigenvalue weighted by Crippen LogP contribution is 2.36. The third kappa shape index (κ3) is 2.75. The minimum atomic E-state index is -0.0560. The lowest BCUT2D eigenvalue weighted by atomic mass is 9.82. The maximum Gasteiger partial charge on any atom is 0.187 e. The van der Waals surface area contributed by atoms with Gasteiger partial charge in [0.25, 0.3) is 0 Å². The molecule has 1 aliphatic rings. The number of aliphatic imine (C=N–C) groups is 1. The Morgan fingerprint density at radius 3 is 2.53 bits per heavy atom. The molecule has 0 spiro atoms. The van der Waals surface area contributed by atoms with E-state index in [1.54, 1.807) is 0 Å². The predicted octanol–water partition coefficient (Wildman–Crippen LogP) is 3.28. The van der Waals surface area contributed by atoms with Crippen molar-refractivity contribution in [3.63, 3.8) is 0 Å². The van der Waals surface area contributed by atoms with Gasteiger partial charge in [-0.1, -0.05) is 26.8 Å². The second-order valence-electron chi connectivity index (χ2n) is 6.24. The molecule has 0 saturated carbocycles. The van der Waals surface area contributed by atoms with Crippen LogP contribution < -0.4 is 0 Å². The van der Waals surface area contributed by atoms with Crippen molar-refractivity contribution < 1.29 is 9.84 Å². The zero-order valence-corrected chi connectivity index (χ0v) is 12.5. The molecule has 0 fully saturated rings. The van der Waals surface area contributed by atoms with E-state index in [9.17, 15) is 5.11 Å². The Balaban J connectivity index is 2.43. The van der Waals surface area contributed by atoms with E-state index in [-0.39, 0.29) is 5.41 Å². The fourth-order valence-corrected chi connectivity index (χ4v) is 2.49. The molecule has 19 heavy (non-hydrogen) atoms. The smallest absolute Gasteiger partial charge is 0.187 e. The highest BCUT2D eigenvalue weighted by molar-refractivity contribution is 5.81. The van der Waals surface area contributed by atoms with E-state index in [0.29, 0.717) is 18.8 Å². The minimum absolute atomic E-state index is 0.0560. The van der Waals surface area contributed by atoms with E-state index in [2.05, 4.69) is 38.8 Å². The van der Waals surface area contributed by atoms with E-state index in [1.165, 1.54) is 5.56 Å². The molecule has 0 unspecified atom stereocenters. The highest BCUT2D eigenvalue weighted by Gasteiger charge is 2.23. The Morgan fingerprint density at radius 1 is 1.32 bits per heavy atom. The summed E-state index contributed by atoms with van der Waals surface area (Å²) >= 11 is 0. The molecule has 0 atom stereocenters. The number of ether oxygens (including phenoxy) is 1. The molecule has 1 aliphatic heterocycles. The molecule has 104 valence electrons. The topological polar surface area (TPSA) is 41.8 Å². The monoisotopic (exact) mass is 261 g/mol. The quantitative estimate of drug-likeness (QED) is 0.887. The average Bonchev–Trinajstić information content (AvgIpc) is 2.80. The Labute approximate surface area is 115 Å². The third-order valence-corrected chi connectivity index (χ3v) is 3.68. The number of rotatable bonds is 2. The van der Waals surface area contributed by atoms with Crippen molar-refractivity contribution in [1.82, 2.24) is 0 Å². The van der Waals surface area contributed by atoms with Crippen LogP contribution in [0.4, 0.5) is 0 Å². The SMILES string of the molecule is Cc1cc(C(C)(C)C)c(O)c(C)c1CC1=NCCO1. The van der Waals surface area contributed by atoms with E-state index < -0.39 is 0 Å². The van der Waals surface area contributed by atoms with Gasteiger partial charge in [0.1, 0.15) is 12.4 Å². The van der Waals surface area contributed by atoms with Gasteiger partial charge in [-0.2, -0.15) is 0 Å². The van der Waals surface area contributed by atoms with Crippen molar-refractivity contribution in [2.24, 2.45) is 4.99 Å². The third-order valence-electron chi connectivity index (χ3n) is 3.68. The molecule has 1 aromatic rings. The number of benzene rings is 1. The van der Waals surface area contributed by atoms with Crippen LogP contribution in [0, 0.1) is 13.8 Å². The van der Waals surface area contributed by atoms with Gasteiger partial charge in [0.2, 0.25) is 0 Å². The normalized spacial score (nSPS) is 15.3. The van der Waals surface area contributed by atoms with Gasteiger partial charge < -0.3 is 9.84 Å². The number of phenolic OH excluding ortho intramolecular Hbond substituents is 1. The lowest BCUT2D eigenvalue weighted by molar-refractivity contribution is 0.340. The summed E-state index contributed by atoms with van der Waals surface area (Å²) in [4.78, 5) is 4.33. The van der Waals surface area contributed by atoms with Gasteiger partial charge in [-0.25, -0.2) is 0 Å². The van der Waals surface area contributed by atoms with Crippen LogP contribution in [-0.2, 0) is 16.6 Å². The molecule has 0 amide bonds. The summed E-state index contributed by atoms with van der Waals surface area (Å²) in [5.74, 6) is 1.20. The predicted molar refractivity (Wildman–Crippen MR) is 78.2 cm³/mol.